The highest BCUT2D eigenvalue weighted by Crippen LogP contribution is 2.22. The van der Waals surface area contributed by atoms with Crippen LogP contribution in [0.3, 0.4) is 0 Å². The van der Waals surface area contributed by atoms with E-state index in [1.165, 1.54) is 30.1 Å². The molecule has 0 unspecified atom stereocenters. The average molecular weight is 538 g/mol. The molecule has 3 aromatic carbocycles. The third kappa shape index (κ3) is 6.31. The van der Waals surface area contributed by atoms with E-state index in [9.17, 15) is 19.5 Å². The van der Waals surface area contributed by atoms with Crippen molar-refractivity contribution >= 4 is 51.9 Å². The molecule has 1 heterocycles. The molecule has 9 heteroatoms. The molecule has 37 heavy (non-hydrogen) atoms. The number of halogens is 2. The Kier molecular flexibility index (Phi) is 8.16. The van der Waals surface area contributed by atoms with Crippen molar-refractivity contribution < 1.29 is 19.5 Å². The average Bonchev–Trinajstić information content (AvgIpc) is 3.28. The number of aromatic amines is 1. The molecule has 4 aromatic rings. The van der Waals surface area contributed by atoms with E-state index in [-0.39, 0.29) is 28.5 Å². The predicted octanol–water partition coefficient (Wildman–Crippen LogP) is 4.97. The second kappa shape index (κ2) is 11.5. The summed E-state index contributed by atoms with van der Waals surface area (Å²) in [7, 11) is 1.50. The number of carbonyl (C=O) groups is 3. The predicted molar refractivity (Wildman–Crippen MR) is 144 cm³/mol. The van der Waals surface area contributed by atoms with Crippen molar-refractivity contribution in [3.8, 4) is 0 Å². The maximum absolute atomic E-state index is 13.5. The minimum absolute atomic E-state index is 0.0741. The Morgan fingerprint density at radius 3 is 2.27 bits per heavy atom. The first-order valence-corrected chi connectivity index (χ1v) is 12.3. The van der Waals surface area contributed by atoms with E-state index in [1.807, 2.05) is 54.6 Å². The van der Waals surface area contributed by atoms with E-state index in [0.29, 0.717) is 0 Å². The van der Waals surface area contributed by atoms with E-state index in [2.05, 4.69) is 10.3 Å². The van der Waals surface area contributed by atoms with Gasteiger partial charge in [-0.05, 0) is 35.4 Å². The number of carboxylic acid groups (broad SMARTS) is 1. The molecule has 7 nitrogen and oxygen atoms in total. The zero-order chi connectivity index (χ0) is 26.5. The lowest BCUT2D eigenvalue weighted by Crippen LogP contribution is -2.53. The number of fused-ring (bicyclic) bond motifs is 1. The van der Waals surface area contributed by atoms with Gasteiger partial charge in [-0.1, -0.05) is 71.7 Å². The summed E-state index contributed by atoms with van der Waals surface area (Å²) in [5.74, 6) is -2.23. The summed E-state index contributed by atoms with van der Waals surface area (Å²) < 4.78 is 0. The minimum Gasteiger partial charge on any atom is -0.480 e. The lowest BCUT2D eigenvalue weighted by Gasteiger charge is -2.29. The summed E-state index contributed by atoms with van der Waals surface area (Å²) in [6.45, 7) is 0. The van der Waals surface area contributed by atoms with E-state index >= 15 is 0 Å². The maximum atomic E-state index is 13.5. The highest BCUT2D eigenvalue weighted by molar-refractivity contribution is 6.35. The van der Waals surface area contributed by atoms with Gasteiger partial charge in [0.25, 0.3) is 5.91 Å². The molecule has 0 aliphatic carbocycles. The molecule has 0 aliphatic heterocycles. The van der Waals surface area contributed by atoms with E-state index in [4.69, 9.17) is 23.2 Å². The van der Waals surface area contributed by atoms with Crippen LogP contribution < -0.4 is 5.32 Å². The van der Waals surface area contributed by atoms with Crippen LogP contribution in [0.5, 0.6) is 0 Å². The van der Waals surface area contributed by atoms with Crippen LogP contribution in [0, 0.1) is 0 Å². The number of H-pyrrole nitrogens is 1. The lowest BCUT2D eigenvalue weighted by atomic mass is 10.0. The van der Waals surface area contributed by atoms with Crippen molar-refractivity contribution in [1.82, 2.24) is 15.2 Å². The third-order valence-corrected chi connectivity index (χ3v) is 6.62. The van der Waals surface area contributed by atoms with Gasteiger partial charge in [-0.15, -0.1) is 0 Å². The smallest absolute Gasteiger partial charge is 0.326 e. The number of carbonyl (C=O) groups excluding carboxylic acids is 2. The Hall–Kier alpha value is -3.81. The van der Waals surface area contributed by atoms with Crippen molar-refractivity contribution in [2.75, 3.05) is 7.05 Å². The maximum Gasteiger partial charge on any atom is 0.326 e. The van der Waals surface area contributed by atoms with Crippen LogP contribution in [0.2, 0.25) is 10.0 Å². The first-order valence-electron chi connectivity index (χ1n) is 11.6. The van der Waals surface area contributed by atoms with Gasteiger partial charge in [0.2, 0.25) is 5.91 Å². The molecule has 2 atom stereocenters. The standard InChI is InChI=1S/C28H25Cl2N3O4/c1-33(27(35)18-12-20(29)15-21(30)13-18)25(11-17-7-3-2-4-8-17)26(34)32-24(28(36)37)14-19-16-31-23-10-6-5-9-22(19)23/h2-10,12-13,15-16,24-25,31H,11,14H2,1H3,(H,32,34)(H,36,37)/t24-,25+/m0/s1. The van der Waals surface area contributed by atoms with Gasteiger partial charge in [-0.3, -0.25) is 9.59 Å². The van der Waals surface area contributed by atoms with Crippen LogP contribution in [0.4, 0.5) is 0 Å². The quantitative estimate of drug-likeness (QED) is 0.280. The molecule has 0 spiro atoms. The van der Waals surface area contributed by atoms with Crippen LogP contribution in [-0.2, 0) is 22.4 Å². The second-order valence-electron chi connectivity index (χ2n) is 8.74. The molecule has 0 saturated carbocycles. The molecular formula is C28H25Cl2N3O4. The number of hydrogen-bond acceptors (Lipinski definition) is 3. The SMILES string of the molecule is CN(C(=O)c1cc(Cl)cc(Cl)c1)[C@H](Cc1ccccc1)C(=O)N[C@@H](Cc1c[nH]c2ccccc12)C(=O)O. The zero-order valence-electron chi connectivity index (χ0n) is 19.9. The number of aliphatic carboxylic acids is 1. The first kappa shape index (κ1) is 26.3. The van der Waals surface area contributed by atoms with Gasteiger partial charge in [-0.2, -0.15) is 0 Å². The van der Waals surface area contributed by atoms with Crippen LogP contribution >= 0.6 is 23.2 Å². The third-order valence-electron chi connectivity index (χ3n) is 6.19. The van der Waals surface area contributed by atoms with Gasteiger partial charge in [-0.25, -0.2) is 4.79 Å². The number of nitrogens with zero attached hydrogens (tertiary/aromatic N) is 1. The van der Waals surface area contributed by atoms with Crippen LogP contribution in [-0.4, -0.2) is 51.9 Å². The molecule has 3 N–H and O–H groups in total. The van der Waals surface area contributed by atoms with Crippen molar-refractivity contribution in [3.63, 3.8) is 0 Å². The fourth-order valence-corrected chi connectivity index (χ4v) is 4.78. The Balaban J connectivity index is 1.60. The molecule has 4 rings (SSSR count). The van der Waals surface area contributed by atoms with Crippen molar-refractivity contribution in [2.24, 2.45) is 0 Å². The number of hydrogen-bond donors (Lipinski definition) is 3. The Morgan fingerprint density at radius 1 is 0.946 bits per heavy atom. The minimum atomic E-state index is -1.20. The fraction of sp³-hybridized carbons (Fsp3) is 0.179. The summed E-state index contributed by atoms with van der Waals surface area (Å²) in [6, 6.07) is 19.0. The number of amides is 2. The van der Waals surface area contributed by atoms with Gasteiger partial charge < -0.3 is 20.3 Å². The molecule has 0 fully saturated rings. The van der Waals surface area contributed by atoms with Gasteiger partial charge >= 0.3 is 5.97 Å². The molecule has 0 saturated heterocycles. The summed E-state index contributed by atoms with van der Waals surface area (Å²) in [4.78, 5) is 43.4. The number of likely N-dealkylation sites (N-methyl/N-ethyl adjacent to an activating group) is 1. The normalized spacial score (nSPS) is 12.6. The number of benzene rings is 3. The molecule has 2 amide bonds. The van der Waals surface area contributed by atoms with Gasteiger partial charge in [0, 0.05) is 52.6 Å². The summed E-state index contributed by atoms with van der Waals surface area (Å²) in [5.41, 5.74) is 2.68. The van der Waals surface area contributed by atoms with Crippen molar-refractivity contribution in [3.05, 3.63) is 106 Å². The van der Waals surface area contributed by atoms with E-state index < -0.39 is 29.9 Å². The number of para-hydroxylation sites is 1. The summed E-state index contributed by atoms with van der Waals surface area (Å²) in [6.07, 6.45) is 2.00. The summed E-state index contributed by atoms with van der Waals surface area (Å²) in [5, 5.41) is 14.0. The molecule has 0 radical (unpaired) electrons. The highest BCUT2D eigenvalue weighted by Gasteiger charge is 2.31. The lowest BCUT2D eigenvalue weighted by molar-refractivity contribution is -0.142. The number of aromatic nitrogens is 1. The monoisotopic (exact) mass is 537 g/mol. The number of rotatable bonds is 9. The van der Waals surface area contributed by atoms with E-state index in [0.717, 1.165) is 22.0 Å². The van der Waals surface area contributed by atoms with Gasteiger partial charge in [0.15, 0.2) is 0 Å². The molecule has 1 aromatic heterocycles. The Labute approximate surface area is 224 Å². The molecule has 0 aliphatic rings. The topological polar surface area (TPSA) is 103 Å². The Bertz CT molecular complexity index is 1420. The van der Waals surface area contributed by atoms with Crippen LogP contribution in [0.1, 0.15) is 21.5 Å². The van der Waals surface area contributed by atoms with E-state index in [1.54, 1.807) is 6.20 Å². The first-order chi connectivity index (χ1) is 17.7. The highest BCUT2D eigenvalue weighted by atomic mass is 35.5. The Morgan fingerprint density at radius 2 is 1.59 bits per heavy atom. The number of nitrogens with one attached hydrogen (secondary N) is 2. The van der Waals surface area contributed by atoms with Gasteiger partial charge in [0.05, 0.1) is 0 Å². The second-order valence-corrected chi connectivity index (χ2v) is 9.62. The van der Waals surface area contributed by atoms with Crippen LogP contribution in [0.15, 0.2) is 79.0 Å². The van der Waals surface area contributed by atoms with Crippen molar-refractivity contribution in [1.29, 1.82) is 0 Å². The summed E-state index contributed by atoms with van der Waals surface area (Å²) >= 11 is 12.2. The zero-order valence-corrected chi connectivity index (χ0v) is 21.5. The molecule has 0 bridgehead atoms. The van der Waals surface area contributed by atoms with Crippen molar-refractivity contribution in [2.45, 2.75) is 24.9 Å². The largest absolute Gasteiger partial charge is 0.480 e. The fourth-order valence-electron chi connectivity index (χ4n) is 4.25. The molecule has 190 valence electrons. The molecular weight excluding hydrogens is 513 g/mol. The van der Waals surface area contributed by atoms with Gasteiger partial charge in [0.1, 0.15) is 12.1 Å². The number of carboxylic acids is 1. The van der Waals surface area contributed by atoms with Crippen LogP contribution in [0.25, 0.3) is 10.9 Å².